The highest BCUT2D eigenvalue weighted by Crippen LogP contribution is 2.17. The van der Waals surface area contributed by atoms with Gasteiger partial charge < -0.3 is 15.7 Å². The monoisotopic (exact) mass is 304 g/mol. The predicted molar refractivity (Wildman–Crippen MR) is 69.3 cm³/mol. The molecule has 8 heteroatoms. The predicted octanol–water partition coefficient (Wildman–Crippen LogP) is 2.72. The van der Waals surface area contributed by atoms with Crippen molar-refractivity contribution < 1.29 is 27.9 Å². The third-order valence-corrected chi connectivity index (χ3v) is 2.55. The second-order valence-electron chi connectivity index (χ2n) is 4.87. The first kappa shape index (κ1) is 16.8. The molecule has 0 aromatic heterocycles. The maximum atomic E-state index is 13.0. The lowest BCUT2D eigenvalue weighted by molar-refractivity contribution is -0.139. The van der Waals surface area contributed by atoms with Crippen LogP contribution in [0.4, 0.5) is 23.7 Å². The molecule has 116 valence electrons. The van der Waals surface area contributed by atoms with E-state index in [1.807, 2.05) is 5.32 Å². The zero-order chi connectivity index (χ0) is 16.2. The molecule has 0 fully saturated rings. The molecule has 0 saturated heterocycles. The molecule has 0 aliphatic carbocycles. The summed E-state index contributed by atoms with van der Waals surface area (Å²) in [6.45, 7) is 3.56. The van der Waals surface area contributed by atoms with Gasteiger partial charge in [0, 0.05) is 17.8 Å². The molecule has 0 aliphatic heterocycles. The van der Waals surface area contributed by atoms with E-state index in [1.165, 1.54) is 0 Å². The summed E-state index contributed by atoms with van der Waals surface area (Å²) in [7, 11) is 0. The van der Waals surface area contributed by atoms with Crippen LogP contribution >= 0.6 is 0 Å². The van der Waals surface area contributed by atoms with Gasteiger partial charge in [-0.05, 0) is 12.3 Å². The van der Waals surface area contributed by atoms with Crippen molar-refractivity contribution in [3.8, 4) is 0 Å². The molecule has 0 aliphatic rings. The number of halogens is 3. The lowest BCUT2D eigenvalue weighted by atomic mass is 10.0. The van der Waals surface area contributed by atoms with Gasteiger partial charge in [-0.3, -0.25) is 0 Å². The van der Waals surface area contributed by atoms with E-state index in [2.05, 4.69) is 5.32 Å². The highest BCUT2D eigenvalue weighted by Gasteiger charge is 2.21. The second kappa shape index (κ2) is 6.96. The van der Waals surface area contributed by atoms with Gasteiger partial charge in [-0.25, -0.2) is 22.8 Å². The Morgan fingerprint density at radius 2 is 1.71 bits per heavy atom. The number of benzene rings is 1. The molecule has 0 unspecified atom stereocenters. The van der Waals surface area contributed by atoms with Crippen molar-refractivity contribution in [3.63, 3.8) is 0 Å². The average molecular weight is 304 g/mol. The maximum Gasteiger partial charge on any atom is 0.326 e. The SMILES string of the molecule is CC(C)C[C@@H](NC(=O)Nc1cc(F)c(F)c(F)c1)C(=O)O. The van der Waals surface area contributed by atoms with Gasteiger partial charge in [0.15, 0.2) is 17.5 Å². The van der Waals surface area contributed by atoms with Crippen LogP contribution in [-0.2, 0) is 4.79 Å². The molecular weight excluding hydrogens is 289 g/mol. The van der Waals surface area contributed by atoms with Crippen molar-refractivity contribution in [2.75, 3.05) is 5.32 Å². The molecular formula is C13H15F3N2O3. The first-order valence-corrected chi connectivity index (χ1v) is 6.15. The highest BCUT2D eigenvalue weighted by molar-refractivity contribution is 5.92. The summed E-state index contributed by atoms with van der Waals surface area (Å²) in [5, 5.41) is 13.2. The lowest BCUT2D eigenvalue weighted by Crippen LogP contribution is -2.43. The Morgan fingerprint density at radius 1 is 1.19 bits per heavy atom. The van der Waals surface area contributed by atoms with E-state index in [0.29, 0.717) is 12.1 Å². The molecule has 0 radical (unpaired) electrons. The number of carboxylic acid groups (broad SMARTS) is 1. The summed E-state index contributed by atoms with van der Waals surface area (Å²) in [6.07, 6.45) is 0.189. The average Bonchev–Trinajstić information content (AvgIpc) is 2.34. The van der Waals surface area contributed by atoms with E-state index < -0.39 is 35.5 Å². The number of rotatable bonds is 5. The van der Waals surface area contributed by atoms with E-state index in [9.17, 15) is 22.8 Å². The van der Waals surface area contributed by atoms with Gasteiger partial charge in [-0.1, -0.05) is 13.8 Å². The van der Waals surface area contributed by atoms with E-state index in [4.69, 9.17) is 5.11 Å². The van der Waals surface area contributed by atoms with E-state index >= 15 is 0 Å². The molecule has 1 rings (SSSR count). The number of amides is 2. The van der Waals surface area contributed by atoms with Crippen LogP contribution in [-0.4, -0.2) is 23.1 Å². The number of hydrogen-bond acceptors (Lipinski definition) is 2. The molecule has 1 atom stereocenters. The highest BCUT2D eigenvalue weighted by atomic mass is 19.2. The number of urea groups is 1. The topological polar surface area (TPSA) is 78.4 Å². The largest absolute Gasteiger partial charge is 0.480 e. The Balaban J connectivity index is 2.74. The molecule has 0 saturated carbocycles. The van der Waals surface area contributed by atoms with Crippen LogP contribution in [0.1, 0.15) is 20.3 Å². The second-order valence-corrected chi connectivity index (χ2v) is 4.87. The number of hydrogen-bond donors (Lipinski definition) is 3. The van der Waals surface area contributed by atoms with Gasteiger partial charge in [0.1, 0.15) is 6.04 Å². The minimum Gasteiger partial charge on any atom is -0.480 e. The van der Waals surface area contributed by atoms with Gasteiger partial charge in [0.25, 0.3) is 0 Å². The summed E-state index contributed by atoms with van der Waals surface area (Å²) >= 11 is 0. The summed E-state index contributed by atoms with van der Waals surface area (Å²) in [5.74, 6) is -5.77. The van der Waals surface area contributed by atoms with Crippen molar-refractivity contribution >= 4 is 17.7 Å². The number of anilines is 1. The molecule has 21 heavy (non-hydrogen) atoms. The van der Waals surface area contributed by atoms with Crippen LogP contribution in [0.15, 0.2) is 12.1 Å². The third-order valence-electron chi connectivity index (χ3n) is 2.55. The van der Waals surface area contributed by atoms with Gasteiger partial charge in [-0.15, -0.1) is 0 Å². The normalized spacial score (nSPS) is 12.1. The molecule has 3 N–H and O–H groups in total. The van der Waals surface area contributed by atoms with E-state index in [0.717, 1.165) is 0 Å². The van der Waals surface area contributed by atoms with Crippen LogP contribution in [0.2, 0.25) is 0 Å². The minimum atomic E-state index is -1.65. The fourth-order valence-corrected chi connectivity index (χ4v) is 1.65. The van der Waals surface area contributed by atoms with Crippen molar-refractivity contribution in [1.29, 1.82) is 0 Å². The van der Waals surface area contributed by atoms with Gasteiger partial charge in [0.2, 0.25) is 0 Å². The van der Waals surface area contributed by atoms with Gasteiger partial charge in [0.05, 0.1) is 0 Å². The Hall–Kier alpha value is -2.25. The zero-order valence-electron chi connectivity index (χ0n) is 11.4. The number of carbonyl (C=O) groups is 2. The molecule has 5 nitrogen and oxygen atoms in total. The van der Waals surface area contributed by atoms with E-state index in [1.54, 1.807) is 13.8 Å². The van der Waals surface area contributed by atoms with Crippen molar-refractivity contribution in [2.45, 2.75) is 26.3 Å². The fourth-order valence-electron chi connectivity index (χ4n) is 1.65. The van der Waals surface area contributed by atoms with Crippen molar-refractivity contribution in [3.05, 3.63) is 29.6 Å². The molecule has 1 aromatic carbocycles. The van der Waals surface area contributed by atoms with Crippen molar-refractivity contribution in [2.24, 2.45) is 5.92 Å². The number of aliphatic carboxylic acids is 1. The summed E-state index contributed by atoms with van der Waals surface area (Å²) in [4.78, 5) is 22.6. The zero-order valence-corrected chi connectivity index (χ0v) is 11.4. The minimum absolute atomic E-state index is 0.0205. The molecule has 0 spiro atoms. The molecule has 0 heterocycles. The van der Waals surface area contributed by atoms with Crippen LogP contribution in [0.5, 0.6) is 0 Å². The molecule has 1 aromatic rings. The number of carbonyl (C=O) groups excluding carboxylic acids is 1. The van der Waals surface area contributed by atoms with Crippen LogP contribution in [0.25, 0.3) is 0 Å². The maximum absolute atomic E-state index is 13.0. The first-order valence-electron chi connectivity index (χ1n) is 6.15. The van der Waals surface area contributed by atoms with Crippen LogP contribution in [0, 0.1) is 23.4 Å². The number of nitrogens with one attached hydrogen (secondary N) is 2. The molecule has 0 bridgehead atoms. The number of carboxylic acids is 1. The molecule has 2 amide bonds. The first-order chi connectivity index (χ1) is 9.70. The Bertz CT molecular complexity index is 526. The van der Waals surface area contributed by atoms with E-state index in [-0.39, 0.29) is 18.0 Å². The summed E-state index contributed by atoms with van der Waals surface area (Å²) < 4.78 is 38.7. The fraction of sp³-hybridized carbons (Fsp3) is 0.385. The van der Waals surface area contributed by atoms with Crippen LogP contribution in [0.3, 0.4) is 0 Å². The lowest BCUT2D eigenvalue weighted by Gasteiger charge is -2.17. The third kappa shape index (κ3) is 4.97. The van der Waals surface area contributed by atoms with Gasteiger partial charge in [-0.2, -0.15) is 0 Å². The van der Waals surface area contributed by atoms with Gasteiger partial charge >= 0.3 is 12.0 Å². The Morgan fingerprint density at radius 3 is 2.14 bits per heavy atom. The Labute approximate surface area is 119 Å². The smallest absolute Gasteiger partial charge is 0.326 e. The summed E-state index contributed by atoms with van der Waals surface area (Å²) in [5.41, 5.74) is -0.322. The van der Waals surface area contributed by atoms with Crippen molar-refractivity contribution in [1.82, 2.24) is 5.32 Å². The van der Waals surface area contributed by atoms with Crippen LogP contribution < -0.4 is 10.6 Å². The Kier molecular flexibility index (Phi) is 5.57. The standard InChI is InChI=1S/C13H15F3N2O3/c1-6(2)3-10(12(19)20)18-13(21)17-7-4-8(14)11(16)9(15)5-7/h4-6,10H,3H2,1-2H3,(H,19,20)(H2,17,18,21)/t10-/m1/s1. The quantitative estimate of drug-likeness (QED) is 0.732. The summed E-state index contributed by atoms with van der Waals surface area (Å²) in [6, 6.07) is -0.902.